The Morgan fingerprint density at radius 3 is 2.62 bits per heavy atom. The summed E-state index contributed by atoms with van der Waals surface area (Å²) in [6, 6.07) is 8.58. The average molecular weight is 285 g/mol. The second-order valence-corrected chi connectivity index (χ2v) is 5.28. The summed E-state index contributed by atoms with van der Waals surface area (Å²) in [5.41, 5.74) is 0.588. The maximum absolute atomic E-state index is 12.1. The fourth-order valence-corrected chi connectivity index (χ4v) is 2.51. The summed E-state index contributed by atoms with van der Waals surface area (Å²) in [6.07, 6.45) is 0.976. The van der Waals surface area contributed by atoms with Gasteiger partial charge in [0.25, 0.3) is 0 Å². The van der Waals surface area contributed by atoms with Crippen LogP contribution in [0.5, 0.6) is 5.75 Å². The quantitative estimate of drug-likeness (QED) is 0.873. The molecule has 1 unspecified atom stereocenters. The third kappa shape index (κ3) is 2.82. The van der Waals surface area contributed by atoms with Gasteiger partial charge in [0.05, 0.1) is 24.7 Å². The van der Waals surface area contributed by atoms with Crippen LogP contribution in [0.4, 0.5) is 0 Å². The molecule has 1 N–H and O–H groups in total. The normalized spacial score (nSPS) is 21.4. The molecule has 6 heteroatoms. The van der Waals surface area contributed by atoms with Gasteiger partial charge in [0.15, 0.2) is 0 Å². The lowest BCUT2D eigenvalue weighted by atomic mass is 10.1. The monoisotopic (exact) mass is 285 g/mol. The molecular weight excluding hydrogens is 270 g/mol. The van der Waals surface area contributed by atoms with E-state index in [1.165, 1.54) is 0 Å². The number of carbonyl (C=O) groups is 2. The number of rotatable bonds is 3. The molecule has 2 aliphatic rings. The average Bonchev–Trinajstić information content (AvgIpc) is 2.89. The smallest absolute Gasteiger partial charge is 0.245 e. The van der Waals surface area contributed by atoms with Gasteiger partial charge in [-0.1, -0.05) is 0 Å². The van der Waals surface area contributed by atoms with Gasteiger partial charge in [-0.05, 0) is 30.7 Å². The van der Waals surface area contributed by atoms with E-state index in [9.17, 15) is 9.59 Å². The lowest BCUT2D eigenvalue weighted by molar-refractivity contribution is -0.142. The summed E-state index contributed by atoms with van der Waals surface area (Å²) in [5, 5.41) is 11.4. The minimum Gasteiger partial charge on any atom is -0.487 e. The van der Waals surface area contributed by atoms with Crippen molar-refractivity contribution in [3.05, 3.63) is 29.8 Å². The van der Waals surface area contributed by atoms with Crippen molar-refractivity contribution in [1.82, 2.24) is 10.2 Å². The lowest BCUT2D eigenvalue weighted by Gasteiger charge is -2.40. The fraction of sp³-hybridized carbons (Fsp3) is 0.400. The molecule has 1 aromatic carbocycles. The Labute approximate surface area is 122 Å². The fourth-order valence-electron chi connectivity index (χ4n) is 2.51. The molecule has 2 aliphatic heterocycles. The highest BCUT2D eigenvalue weighted by atomic mass is 16.5. The van der Waals surface area contributed by atoms with Crippen molar-refractivity contribution in [3.63, 3.8) is 0 Å². The van der Waals surface area contributed by atoms with Gasteiger partial charge in [-0.2, -0.15) is 5.26 Å². The SMILES string of the molecule is N#Cc1ccc(OC2CN(C(=O)C3CCC(=O)N3)C2)cc1. The van der Waals surface area contributed by atoms with Crippen LogP contribution < -0.4 is 10.1 Å². The number of benzene rings is 1. The molecule has 6 nitrogen and oxygen atoms in total. The number of hydrogen-bond acceptors (Lipinski definition) is 4. The first-order valence-electron chi connectivity index (χ1n) is 6.90. The van der Waals surface area contributed by atoms with Gasteiger partial charge in [-0.15, -0.1) is 0 Å². The van der Waals surface area contributed by atoms with E-state index in [0.717, 1.165) is 0 Å². The first-order chi connectivity index (χ1) is 10.2. The van der Waals surface area contributed by atoms with Crippen LogP contribution in [-0.2, 0) is 9.59 Å². The number of nitrogens with zero attached hydrogens (tertiary/aromatic N) is 2. The van der Waals surface area contributed by atoms with Crippen LogP contribution in [0, 0.1) is 11.3 Å². The van der Waals surface area contributed by atoms with Crippen LogP contribution in [0.25, 0.3) is 0 Å². The number of ether oxygens (including phenoxy) is 1. The second-order valence-electron chi connectivity index (χ2n) is 5.28. The molecule has 0 radical (unpaired) electrons. The largest absolute Gasteiger partial charge is 0.487 e. The van der Waals surface area contributed by atoms with Crippen molar-refractivity contribution in [2.45, 2.75) is 25.0 Å². The van der Waals surface area contributed by atoms with Gasteiger partial charge < -0.3 is 15.0 Å². The number of nitriles is 1. The van der Waals surface area contributed by atoms with Crippen LogP contribution >= 0.6 is 0 Å². The van der Waals surface area contributed by atoms with Crippen LogP contribution in [0.3, 0.4) is 0 Å². The molecule has 0 aliphatic carbocycles. The van der Waals surface area contributed by atoms with E-state index in [4.69, 9.17) is 10.00 Å². The van der Waals surface area contributed by atoms with E-state index in [-0.39, 0.29) is 24.0 Å². The van der Waals surface area contributed by atoms with Crippen molar-refractivity contribution in [1.29, 1.82) is 5.26 Å². The van der Waals surface area contributed by atoms with Crippen molar-refractivity contribution < 1.29 is 14.3 Å². The van der Waals surface area contributed by atoms with Gasteiger partial charge in [0.1, 0.15) is 17.9 Å². The summed E-state index contributed by atoms with van der Waals surface area (Å²) in [7, 11) is 0. The summed E-state index contributed by atoms with van der Waals surface area (Å²) in [5.74, 6) is 0.611. The third-order valence-corrected chi connectivity index (χ3v) is 3.74. The summed E-state index contributed by atoms with van der Waals surface area (Å²) < 4.78 is 5.72. The highest BCUT2D eigenvalue weighted by Crippen LogP contribution is 2.20. The van der Waals surface area contributed by atoms with Crippen LogP contribution in [-0.4, -0.2) is 41.9 Å². The molecule has 0 saturated carbocycles. The summed E-state index contributed by atoms with van der Waals surface area (Å²) in [6.45, 7) is 1.07. The highest BCUT2D eigenvalue weighted by Gasteiger charge is 2.38. The molecule has 2 amide bonds. The topological polar surface area (TPSA) is 82.4 Å². The van der Waals surface area contributed by atoms with Crippen molar-refractivity contribution >= 4 is 11.8 Å². The first-order valence-corrected chi connectivity index (χ1v) is 6.90. The van der Waals surface area contributed by atoms with E-state index < -0.39 is 0 Å². The third-order valence-electron chi connectivity index (χ3n) is 3.74. The molecule has 0 spiro atoms. The highest BCUT2D eigenvalue weighted by molar-refractivity contribution is 5.91. The summed E-state index contributed by atoms with van der Waals surface area (Å²) in [4.78, 5) is 24.9. The molecule has 2 fully saturated rings. The zero-order valence-corrected chi connectivity index (χ0v) is 11.4. The zero-order chi connectivity index (χ0) is 14.8. The van der Waals surface area contributed by atoms with Gasteiger partial charge in [-0.3, -0.25) is 9.59 Å². The molecular formula is C15H15N3O3. The molecule has 2 saturated heterocycles. The second kappa shape index (κ2) is 5.44. The zero-order valence-electron chi connectivity index (χ0n) is 11.4. The molecule has 1 atom stereocenters. The number of carbonyl (C=O) groups excluding carboxylic acids is 2. The molecule has 0 bridgehead atoms. The lowest BCUT2D eigenvalue weighted by Crippen LogP contribution is -2.59. The standard InChI is InChI=1S/C15H15N3O3/c16-7-10-1-3-11(4-2-10)21-12-8-18(9-12)15(20)13-5-6-14(19)17-13/h1-4,12-13H,5-6,8-9H2,(H,17,19). The van der Waals surface area contributed by atoms with Crippen LogP contribution in [0.15, 0.2) is 24.3 Å². The number of amides is 2. The van der Waals surface area contributed by atoms with Crippen molar-refractivity contribution in [2.75, 3.05) is 13.1 Å². The molecule has 0 aromatic heterocycles. The molecule has 2 heterocycles. The minimum atomic E-state index is -0.367. The van der Waals surface area contributed by atoms with Crippen molar-refractivity contribution in [2.24, 2.45) is 0 Å². The predicted molar refractivity (Wildman–Crippen MR) is 73.3 cm³/mol. The van der Waals surface area contributed by atoms with E-state index in [1.807, 2.05) is 6.07 Å². The minimum absolute atomic E-state index is 0.0273. The molecule has 21 heavy (non-hydrogen) atoms. The maximum Gasteiger partial charge on any atom is 0.245 e. The Bertz CT molecular complexity index is 600. The Kier molecular flexibility index (Phi) is 3.48. The Balaban J connectivity index is 1.48. The van der Waals surface area contributed by atoms with Crippen LogP contribution in [0.1, 0.15) is 18.4 Å². The Hall–Kier alpha value is -2.55. The number of nitrogens with one attached hydrogen (secondary N) is 1. The molecule has 3 rings (SSSR count). The van der Waals surface area contributed by atoms with E-state index in [0.29, 0.717) is 37.2 Å². The van der Waals surface area contributed by atoms with E-state index in [2.05, 4.69) is 5.32 Å². The Morgan fingerprint density at radius 1 is 1.33 bits per heavy atom. The van der Waals surface area contributed by atoms with Gasteiger partial charge in [0.2, 0.25) is 11.8 Å². The maximum atomic E-state index is 12.1. The van der Waals surface area contributed by atoms with E-state index >= 15 is 0 Å². The van der Waals surface area contributed by atoms with Crippen molar-refractivity contribution in [3.8, 4) is 11.8 Å². The van der Waals surface area contributed by atoms with Crippen LogP contribution in [0.2, 0.25) is 0 Å². The van der Waals surface area contributed by atoms with Gasteiger partial charge >= 0.3 is 0 Å². The van der Waals surface area contributed by atoms with Gasteiger partial charge in [-0.25, -0.2) is 0 Å². The molecule has 1 aromatic rings. The molecule has 108 valence electrons. The van der Waals surface area contributed by atoms with Gasteiger partial charge in [0, 0.05) is 6.42 Å². The summed E-state index contributed by atoms with van der Waals surface area (Å²) >= 11 is 0. The number of likely N-dealkylation sites (tertiary alicyclic amines) is 1. The first kappa shape index (κ1) is 13.4. The number of hydrogen-bond donors (Lipinski definition) is 1. The van der Waals surface area contributed by atoms with E-state index in [1.54, 1.807) is 29.2 Å². The predicted octanol–water partition coefficient (Wildman–Crippen LogP) is 0.426. The Morgan fingerprint density at radius 2 is 2.05 bits per heavy atom.